The van der Waals surface area contributed by atoms with Gasteiger partial charge in [-0.1, -0.05) is 53.7 Å². The average molecular weight is 375 g/mol. The maximum Gasteiger partial charge on any atom is 0.286 e. The molecule has 0 aromatic heterocycles. The second-order valence-corrected chi connectivity index (χ2v) is 6.96. The molecule has 1 saturated heterocycles. The van der Waals surface area contributed by atoms with E-state index in [0.29, 0.717) is 19.8 Å². The Morgan fingerprint density at radius 2 is 1.88 bits per heavy atom. The molecular weight excluding hydrogens is 364 g/mol. The van der Waals surface area contributed by atoms with Gasteiger partial charge in [-0.2, -0.15) is 10.1 Å². The number of hydrogen-bond acceptors (Lipinski definition) is 5. The van der Waals surface area contributed by atoms with Gasteiger partial charge in [0.05, 0.1) is 11.1 Å². The molecule has 0 aliphatic carbocycles. The van der Waals surface area contributed by atoms with Crippen molar-refractivity contribution in [2.24, 2.45) is 5.10 Å². The number of benzene rings is 2. The van der Waals surface area contributed by atoms with Crippen LogP contribution in [0.1, 0.15) is 11.1 Å². The van der Waals surface area contributed by atoms with Crippen LogP contribution >= 0.6 is 35.6 Å². The van der Waals surface area contributed by atoms with Gasteiger partial charge in [-0.25, -0.2) is 0 Å². The molecule has 1 aliphatic heterocycles. The van der Waals surface area contributed by atoms with Crippen molar-refractivity contribution < 1.29 is 9.90 Å². The van der Waals surface area contributed by atoms with E-state index in [2.05, 4.69) is 5.10 Å². The molecule has 2 aromatic carbocycles. The van der Waals surface area contributed by atoms with Gasteiger partial charge in [-0.05, 0) is 42.1 Å². The average Bonchev–Trinajstić information content (AvgIpc) is 2.83. The minimum absolute atomic E-state index is 0.104. The molecule has 7 heteroatoms. The molecule has 0 radical (unpaired) electrons. The number of halogens is 1. The molecule has 0 atom stereocenters. The Morgan fingerprint density at radius 3 is 2.58 bits per heavy atom. The number of thiocarbonyl (C=S) groups is 1. The third-order valence-electron chi connectivity index (χ3n) is 3.19. The number of phenols is 1. The maximum absolute atomic E-state index is 12.4. The van der Waals surface area contributed by atoms with Gasteiger partial charge >= 0.3 is 0 Å². The number of nitrogens with zero attached hydrogens (tertiary/aromatic N) is 2. The van der Waals surface area contributed by atoms with E-state index in [0.717, 1.165) is 17.3 Å². The fourth-order valence-corrected chi connectivity index (χ4v) is 3.27. The lowest BCUT2D eigenvalue weighted by atomic mass is 10.2. The predicted octanol–water partition coefficient (Wildman–Crippen LogP) is 4.28. The summed E-state index contributed by atoms with van der Waals surface area (Å²) in [5, 5.41) is 15.8. The van der Waals surface area contributed by atoms with Gasteiger partial charge in [0.1, 0.15) is 5.75 Å². The third-order valence-corrected chi connectivity index (χ3v) is 4.72. The molecular formula is C17H11ClN2O2S2. The molecule has 0 saturated carbocycles. The number of hydrogen-bond donors (Lipinski definition) is 1. The van der Waals surface area contributed by atoms with Crippen LogP contribution in [0.25, 0.3) is 6.08 Å². The minimum atomic E-state index is -0.321. The van der Waals surface area contributed by atoms with Crippen molar-refractivity contribution in [3.05, 3.63) is 69.6 Å². The number of para-hydroxylation sites is 1. The zero-order valence-electron chi connectivity index (χ0n) is 12.2. The van der Waals surface area contributed by atoms with Crippen LogP contribution in [0.4, 0.5) is 0 Å². The summed E-state index contributed by atoms with van der Waals surface area (Å²) < 4.78 is 0.340. The Hall–Kier alpha value is -2.15. The number of thioether (sulfide) groups is 1. The Morgan fingerprint density at radius 1 is 1.17 bits per heavy atom. The highest BCUT2D eigenvalue weighted by molar-refractivity contribution is 8.26. The highest BCUT2D eigenvalue weighted by Crippen LogP contribution is 2.34. The molecule has 1 amide bonds. The first kappa shape index (κ1) is 16.7. The number of rotatable bonds is 3. The standard InChI is InChI=1S/C17H11ClN2O2S2/c18-13-7-5-11(6-8-13)10-19-20-16(22)15(24-17(20)23)9-12-3-1-2-4-14(12)21/h1-10,21H/b15-9+,19-10+. The monoisotopic (exact) mass is 374 g/mol. The van der Waals surface area contributed by atoms with E-state index < -0.39 is 0 Å². The van der Waals surface area contributed by atoms with Crippen molar-refractivity contribution in [2.75, 3.05) is 0 Å². The van der Waals surface area contributed by atoms with Gasteiger partial charge < -0.3 is 5.11 Å². The van der Waals surface area contributed by atoms with Gasteiger partial charge in [-0.3, -0.25) is 4.79 Å². The molecule has 0 unspecified atom stereocenters. The highest BCUT2D eigenvalue weighted by atomic mass is 35.5. The molecule has 1 fully saturated rings. The lowest BCUT2D eigenvalue weighted by molar-refractivity contribution is -0.122. The quantitative estimate of drug-likeness (QED) is 0.495. The second-order valence-electron chi connectivity index (χ2n) is 4.85. The summed E-state index contributed by atoms with van der Waals surface area (Å²) in [7, 11) is 0. The van der Waals surface area contributed by atoms with Crippen molar-refractivity contribution in [3.8, 4) is 5.75 Å². The molecule has 24 heavy (non-hydrogen) atoms. The van der Waals surface area contributed by atoms with Crippen LogP contribution in [-0.2, 0) is 4.79 Å². The topological polar surface area (TPSA) is 52.9 Å². The molecule has 1 aliphatic rings. The largest absolute Gasteiger partial charge is 0.507 e. The molecule has 2 aromatic rings. The van der Waals surface area contributed by atoms with Crippen LogP contribution in [0.5, 0.6) is 5.75 Å². The van der Waals surface area contributed by atoms with E-state index in [-0.39, 0.29) is 11.7 Å². The van der Waals surface area contributed by atoms with E-state index >= 15 is 0 Å². The van der Waals surface area contributed by atoms with Crippen molar-refractivity contribution in [1.29, 1.82) is 0 Å². The van der Waals surface area contributed by atoms with E-state index in [4.69, 9.17) is 23.8 Å². The van der Waals surface area contributed by atoms with E-state index in [1.807, 2.05) is 0 Å². The fourth-order valence-electron chi connectivity index (χ4n) is 1.98. The molecule has 1 N–H and O–H groups in total. The van der Waals surface area contributed by atoms with Gasteiger partial charge in [-0.15, -0.1) is 0 Å². The fraction of sp³-hybridized carbons (Fsp3) is 0. The summed E-state index contributed by atoms with van der Waals surface area (Å²) in [6, 6.07) is 13.8. The van der Waals surface area contributed by atoms with Crippen LogP contribution < -0.4 is 0 Å². The lowest BCUT2D eigenvalue weighted by Crippen LogP contribution is -2.22. The van der Waals surface area contributed by atoms with Gasteiger partial charge in [0.25, 0.3) is 5.91 Å². The SMILES string of the molecule is O=C1/C(=C\c2ccccc2O)SC(=S)N1/N=C/c1ccc(Cl)cc1. The van der Waals surface area contributed by atoms with Crippen molar-refractivity contribution in [3.63, 3.8) is 0 Å². The minimum Gasteiger partial charge on any atom is -0.507 e. The molecule has 0 spiro atoms. The summed E-state index contributed by atoms with van der Waals surface area (Å²) in [6.07, 6.45) is 3.15. The van der Waals surface area contributed by atoms with Crippen molar-refractivity contribution in [1.82, 2.24) is 5.01 Å². The number of carbonyl (C=O) groups excluding carboxylic acids is 1. The van der Waals surface area contributed by atoms with Gasteiger partial charge in [0.15, 0.2) is 4.32 Å². The van der Waals surface area contributed by atoms with Crippen molar-refractivity contribution in [2.45, 2.75) is 0 Å². The molecule has 0 bridgehead atoms. The lowest BCUT2D eigenvalue weighted by Gasteiger charge is -2.06. The Kier molecular flexibility index (Phi) is 4.99. The first-order valence-electron chi connectivity index (χ1n) is 6.90. The predicted molar refractivity (Wildman–Crippen MR) is 102 cm³/mol. The van der Waals surface area contributed by atoms with Gasteiger partial charge in [0, 0.05) is 10.6 Å². The van der Waals surface area contributed by atoms with Crippen LogP contribution in [0, 0.1) is 0 Å². The Labute approximate surface area is 153 Å². The Balaban J connectivity index is 1.82. The van der Waals surface area contributed by atoms with Crippen LogP contribution in [0.15, 0.2) is 58.5 Å². The molecule has 120 valence electrons. The third kappa shape index (κ3) is 3.67. The second kappa shape index (κ2) is 7.17. The zero-order valence-corrected chi connectivity index (χ0v) is 14.6. The van der Waals surface area contributed by atoms with Crippen molar-refractivity contribution >= 4 is 58.1 Å². The van der Waals surface area contributed by atoms with E-state index in [9.17, 15) is 9.90 Å². The maximum atomic E-state index is 12.4. The highest BCUT2D eigenvalue weighted by Gasteiger charge is 2.32. The van der Waals surface area contributed by atoms with E-state index in [1.54, 1.807) is 60.8 Å². The summed E-state index contributed by atoms with van der Waals surface area (Å²) in [5.41, 5.74) is 1.36. The molecule has 4 nitrogen and oxygen atoms in total. The van der Waals surface area contributed by atoms with Crippen LogP contribution in [0.3, 0.4) is 0 Å². The number of hydrazone groups is 1. The summed E-state index contributed by atoms with van der Waals surface area (Å²) in [5.74, 6) is -0.217. The summed E-state index contributed by atoms with van der Waals surface area (Å²) in [4.78, 5) is 12.9. The van der Waals surface area contributed by atoms with Gasteiger partial charge in [0.2, 0.25) is 0 Å². The number of aromatic hydroxyl groups is 1. The first-order valence-corrected chi connectivity index (χ1v) is 8.50. The number of amides is 1. The summed E-state index contributed by atoms with van der Waals surface area (Å²) in [6.45, 7) is 0. The molecule has 3 rings (SSSR count). The van der Waals surface area contributed by atoms with Crippen LogP contribution in [0.2, 0.25) is 5.02 Å². The Bertz CT molecular complexity index is 863. The smallest absolute Gasteiger partial charge is 0.286 e. The normalized spacial score (nSPS) is 16.5. The number of carbonyl (C=O) groups is 1. The zero-order chi connectivity index (χ0) is 17.1. The number of phenolic OH excluding ortho intramolecular Hbond substituents is 1. The van der Waals surface area contributed by atoms with E-state index in [1.165, 1.54) is 5.01 Å². The van der Waals surface area contributed by atoms with Crippen LogP contribution in [-0.4, -0.2) is 26.6 Å². The summed E-state index contributed by atoms with van der Waals surface area (Å²) >= 11 is 12.2. The first-order chi connectivity index (χ1) is 11.5. The molecule has 1 heterocycles.